The number of ether oxygens (including phenoxy) is 1. The molecule has 110 valence electrons. The lowest BCUT2D eigenvalue weighted by atomic mass is 10.1. The first-order valence-electron chi connectivity index (χ1n) is 6.77. The Balaban J connectivity index is 3.12. The van der Waals surface area contributed by atoms with Crippen LogP contribution in [0.1, 0.15) is 39.7 Å². The van der Waals surface area contributed by atoms with Gasteiger partial charge in [-0.3, -0.25) is 4.90 Å². The summed E-state index contributed by atoms with van der Waals surface area (Å²) >= 11 is 0. The Morgan fingerprint density at radius 1 is 1.35 bits per heavy atom. The number of aryl methyl sites for hydroxylation is 1. The molecule has 4 nitrogen and oxygen atoms in total. The van der Waals surface area contributed by atoms with Crippen LogP contribution in [0, 0.1) is 6.92 Å². The van der Waals surface area contributed by atoms with Crippen molar-refractivity contribution in [1.29, 1.82) is 0 Å². The number of rotatable bonds is 4. The van der Waals surface area contributed by atoms with Crippen LogP contribution in [-0.4, -0.2) is 24.0 Å². The molecule has 0 saturated heterocycles. The molecule has 4 heteroatoms. The molecule has 0 fully saturated rings. The Labute approximate surface area is 120 Å². The van der Waals surface area contributed by atoms with Gasteiger partial charge in [-0.2, -0.15) is 0 Å². The van der Waals surface area contributed by atoms with Gasteiger partial charge in [0.2, 0.25) is 0 Å². The number of hydrogen-bond donors (Lipinski definition) is 0. The van der Waals surface area contributed by atoms with E-state index in [1.807, 2.05) is 58.9 Å². The number of carbonyl (C=O) groups is 2. The van der Waals surface area contributed by atoms with Gasteiger partial charge in [0.1, 0.15) is 11.9 Å². The molecule has 0 radical (unpaired) electrons. The molecule has 0 aliphatic heterocycles. The van der Waals surface area contributed by atoms with Gasteiger partial charge in [-0.15, -0.1) is 0 Å². The van der Waals surface area contributed by atoms with Crippen LogP contribution >= 0.6 is 0 Å². The molecular weight excluding hydrogens is 254 g/mol. The normalized spacial score (nSPS) is 12.7. The van der Waals surface area contributed by atoms with Crippen molar-refractivity contribution in [3.05, 3.63) is 29.8 Å². The third-order valence-corrected chi connectivity index (χ3v) is 2.84. The fourth-order valence-electron chi connectivity index (χ4n) is 1.91. The monoisotopic (exact) mass is 277 g/mol. The Bertz CT molecular complexity index is 477. The minimum Gasteiger partial charge on any atom is -0.443 e. The molecule has 1 rings (SSSR count). The Morgan fingerprint density at radius 3 is 2.45 bits per heavy atom. The van der Waals surface area contributed by atoms with Crippen molar-refractivity contribution >= 4 is 18.1 Å². The summed E-state index contributed by atoms with van der Waals surface area (Å²) < 4.78 is 5.45. The number of aldehydes is 1. The highest BCUT2D eigenvalue weighted by atomic mass is 16.6. The van der Waals surface area contributed by atoms with Gasteiger partial charge in [-0.05, 0) is 46.2 Å². The second kappa shape index (κ2) is 6.55. The lowest BCUT2D eigenvalue weighted by Crippen LogP contribution is -2.43. The lowest BCUT2D eigenvalue weighted by molar-refractivity contribution is -0.108. The van der Waals surface area contributed by atoms with Crippen LogP contribution in [0.25, 0.3) is 0 Å². The van der Waals surface area contributed by atoms with Gasteiger partial charge in [0, 0.05) is 12.5 Å². The molecule has 0 spiro atoms. The summed E-state index contributed by atoms with van der Waals surface area (Å²) in [5, 5.41) is 0. The highest BCUT2D eigenvalue weighted by molar-refractivity contribution is 5.90. The van der Waals surface area contributed by atoms with Crippen LogP contribution < -0.4 is 4.90 Å². The van der Waals surface area contributed by atoms with Gasteiger partial charge < -0.3 is 9.53 Å². The molecule has 0 heterocycles. The van der Waals surface area contributed by atoms with Gasteiger partial charge in [0.05, 0.1) is 5.69 Å². The summed E-state index contributed by atoms with van der Waals surface area (Å²) in [7, 11) is 0. The van der Waals surface area contributed by atoms with Gasteiger partial charge >= 0.3 is 6.09 Å². The number of amides is 1. The summed E-state index contributed by atoms with van der Waals surface area (Å²) in [6.07, 6.45) is 0.662. The Hall–Kier alpha value is -1.84. The molecule has 1 aromatic rings. The lowest BCUT2D eigenvalue weighted by Gasteiger charge is -2.32. The zero-order chi connectivity index (χ0) is 15.3. The number of nitrogens with zero attached hydrogens (tertiary/aromatic N) is 1. The third-order valence-electron chi connectivity index (χ3n) is 2.84. The molecule has 1 amide bonds. The predicted octanol–water partition coefficient (Wildman–Crippen LogP) is 3.71. The summed E-state index contributed by atoms with van der Waals surface area (Å²) in [5.74, 6) is 0. The van der Waals surface area contributed by atoms with Crippen LogP contribution in [0.3, 0.4) is 0 Å². The smallest absolute Gasteiger partial charge is 0.415 e. The van der Waals surface area contributed by atoms with E-state index in [4.69, 9.17) is 4.74 Å². The molecule has 0 saturated carbocycles. The molecule has 1 unspecified atom stereocenters. The molecule has 0 aliphatic carbocycles. The van der Waals surface area contributed by atoms with E-state index in [0.29, 0.717) is 0 Å². The minimum absolute atomic E-state index is 0.247. The topological polar surface area (TPSA) is 46.6 Å². The highest BCUT2D eigenvalue weighted by Gasteiger charge is 2.28. The standard InChI is InChI=1S/C16H23NO3/c1-12-8-6-7-9-14(12)17(13(2)10-11-18)15(19)20-16(3,4)5/h6-9,11,13H,10H2,1-5H3. The van der Waals surface area contributed by atoms with Crippen molar-refractivity contribution in [3.8, 4) is 0 Å². The molecule has 0 aromatic heterocycles. The van der Waals surface area contributed by atoms with Gasteiger partial charge in [-0.1, -0.05) is 18.2 Å². The number of benzene rings is 1. The number of anilines is 1. The summed E-state index contributed by atoms with van der Waals surface area (Å²) in [6.45, 7) is 9.24. The first-order chi connectivity index (χ1) is 9.26. The summed E-state index contributed by atoms with van der Waals surface area (Å²) in [6, 6.07) is 7.33. The van der Waals surface area contributed by atoms with Crippen molar-refractivity contribution in [2.24, 2.45) is 0 Å². The van der Waals surface area contributed by atoms with Crippen molar-refractivity contribution < 1.29 is 14.3 Å². The van der Waals surface area contributed by atoms with E-state index in [1.54, 1.807) is 4.90 Å². The zero-order valence-corrected chi connectivity index (χ0v) is 12.8. The van der Waals surface area contributed by atoms with Crippen molar-refractivity contribution in [2.45, 2.75) is 52.7 Å². The maximum atomic E-state index is 12.4. The molecule has 1 atom stereocenters. The largest absolute Gasteiger partial charge is 0.443 e. The summed E-state index contributed by atoms with van der Waals surface area (Å²) in [5.41, 5.74) is 1.17. The van der Waals surface area contributed by atoms with Crippen LogP contribution in [0.15, 0.2) is 24.3 Å². The number of carbonyl (C=O) groups excluding carboxylic acids is 2. The quantitative estimate of drug-likeness (QED) is 0.788. The fourth-order valence-corrected chi connectivity index (χ4v) is 1.91. The van der Waals surface area contributed by atoms with Gasteiger partial charge in [0.25, 0.3) is 0 Å². The molecule has 1 aromatic carbocycles. The van der Waals surface area contributed by atoms with Crippen LogP contribution in [0.5, 0.6) is 0 Å². The maximum Gasteiger partial charge on any atom is 0.415 e. The average Bonchev–Trinajstić information content (AvgIpc) is 2.30. The van der Waals surface area contributed by atoms with Crippen molar-refractivity contribution in [3.63, 3.8) is 0 Å². The molecule has 0 N–H and O–H groups in total. The van der Waals surface area contributed by atoms with E-state index < -0.39 is 11.7 Å². The van der Waals surface area contributed by atoms with Gasteiger partial charge in [0.15, 0.2) is 0 Å². The van der Waals surface area contributed by atoms with Crippen molar-refractivity contribution in [1.82, 2.24) is 0 Å². The van der Waals surface area contributed by atoms with E-state index in [-0.39, 0.29) is 12.5 Å². The molecule has 0 bridgehead atoms. The predicted molar refractivity (Wildman–Crippen MR) is 80.0 cm³/mol. The molecular formula is C16H23NO3. The van der Waals surface area contributed by atoms with Crippen LogP contribution in [0.4, 0.5) is 10.5 Å². The SMILES string of the molecule is Cc1ccccc1N(C(=O)OC(C)(C)C)C(C)CC=O. The van der Waals surface area contributed by atoms with E-state index >= 15 is 0 Å². The van der Waals surface area contributed by atoms with Crippen LogP contribution in [-0.2, 0) is 9.53 Å². The van der Waals surface area contributed by atoms with Gasteiger partial charge in [-0.25, -0.2) is 4.79 Å². The second-order valence-electron chi connectivity index (χ2n) is 5.89. The zero-order valence-electron chi connectivity index (χ0n) is 12.8. The number of para-hydroxylation sites is 1. The maximum absolute atomic E-state index is 12.4. The van der Waals surface area contributed by atoms with E-state index in [2.05, 4.69) is 0 Å². The highest BCUT2D eigenvalue weighted by Crippen LogP contribution is 2.25. The second-order valence-corrected chi connectivity index (χ2v) is 5.89. The summed E-state index contributed by atoms with van der Waals surface area (Å²) in [4.78, 5) is 24.7. The Kier molecular flexibility index (Phi) is 5.31. The van der Waals surface area contributed by atoms with Crippen molar-refractivity contribution in [2.75, 3.05) is 4.90 Å². The fraction of sp³-hybridized carbons (Fsp3) is 0.500. The van der Waals surface area contributed by atoms with E-state index in [1.165, 1.54) is 0 Å². The average molecular weight is 277 g/mol. The van der Waals surface area contributed by atoms with E-state index in [0.717, 1.165) is 17.5 Å². The molecule has 20 heavy (non-hydrogen) atoms. The third kappa shape index (κ3) is 4.37. The Morgan fingerprint density at radius 2 is 1.95 bits per heavy atom. The minimum atomic E-state index is -0.571. The first-order valence-corrected chi connectivity index (χ1v) is 6.77. The number of hydrogen-bond acceptors (Lipinski definition) is 3. The molecule has 0 aliphatic rings. The first kappa shape index (κ1) is 16.2. The van der Waals surface area contributed by atoms with Crippen LogP contribution in [0.2, 0.25) is 0 Å². The van der Waals surface area contributed by atoms with E-state index in [9.17, 15) is 9.59 Å².